The first-order valence-electron chi connectivity index (χ1n) is 17.5. The predicted molar refractivity (Wildman–Crippen MR) is 219 cm³/mol. The number of hydrogen-bond donors (Lipinski definition) is 0. The summed E-state index contributed by atoms with van der Waals surface area (Å²) >= 11 is -3.17. The Morgan fingerprint density at radius 3 is 1.70 bits per heavy atom. The molecule has 0 amide bonds. The predicted octanol–water partition coefficient (Wildman–Crippen LogP) is 12.4. The maximum atomic E-state index is 2.67. The molecule has 2 aliphatic carbocycles. The molecular formula is C47H46Cl2Hf. The van der Waals surface area contributed by atoms with E-state index in [4.69, 9.17) is 0 Å². The number of rotatable bonds is 4. The molecule has 0 fully saturated rings. The van der Waals surface area contributed by atoms with E-state index >= 15 is 0 Å². The largest absolute Gasteiger partial charge is 0.147 e. The second-order valence-electron chi connectivity index (χ2n) is 15.7. The van der Waals surface area contributed by atoms with E-state index in [-0.39, 0.29) is 35.6 Å². The topological polar surface area (TPSA) is 0 Å². The molecule has 0 nitrogen and oxygen atoms in total. The van der Waals surface area contributed by atoms with Crippen molar-refractivity contribution < 1.29 is 21.0 Å². The summed E-state index contributed by atoms with van der Waals surface area (Å²) in [7, 11) is 0. The molecular weight excluding hydrogens is 814 g/mol. The van der Waals surface area contributed by atoms with Crippen molar-refractivity contribution >= 4 is 52.9 Å². The van der Waals surface area contributed by atoms with Crippen molar-refractivity contribution in [2.75, 3.05) is 0 Å². The Morgan fingerprint density at radius 2 is 1.14 bits per heavy atom. The van der Waals surface area contributed by atoms with E-state index in [1.54, 1.807) is 15.5 Å². The summed E-state index contributed by atoms with van der Waals surface area (Å²) in [6.45, 7) is 14.2. The zero-order chi connectivity index (χ0) is 33.2. The molecule has 0 heterocycles. The van der Waals surface area contributed by atoms with Crippen molar-refractivity contribution in [1.29, 1.82) is 0 Å². The monoisotopic (exact) mass is 860 g/mol. The van der Waals surface area contributed by atoms with Crippen LogP contribution in [0, 0.1) is 0 Å². The van der Waals surface area contributed by atoms with Gasteiger partial charge in [0.1, 0.15) is 0 Å². The van der Waals surface area contributed by atoms with Gasteiger partial charge in [-0.2, -0.15) is 0 Å². The molecule has 0 aliphatic heterocycles. The Morgan fingerprint density at radius 1 is 0.580 bits per heavy atom. The molecule has 0 aromatic heterocycles. The molecule has 0 saturated carbocycles. The smallest absolute Gasteiger partial charge is 0.147 e. The van der Waals surface area contributed by atoms with Gasteiger partial charge >= 0.3 is 296 Å². The Bertz CT molecular complexity index is 2270. The number of benzene rings is 6. The van der Waals surface area contributed by atoms with Gasteiger partial charge in [0.05, 0.1) is 0 Å². The standard InChI is InChI=1S/C21H14.C21H25.C5H5.2ClH.Hf/c1-3-13-20-16(7-1)9-5-11-18(20)15-19-12-6-10-17-8-2-4-14-21(17)19;1-20(2,3)16-9-7-14-11-15-8-10-17(21(4,5)6)13-19(15)18(14)12-16;1-2-4-5-3-1;;;/h1-14H;7,9-10,12-13H,11H2,1-6H3;1-3H,4H2;2*1H;. The molecule has 0 saturated heterocycles. The van der Waals surface area contributed by atoms with Crippen molar-refractivity contribution in [1.82, 2.24) is 0 Å². The normalized spacial score (nSPS) is 13.4. The summed E-state index contributed by atoms with van der Waals surface area (Å²) in [5.41, 5.74) is 11.8. The average molecular weight is 860 g/mol. The molecule has 0 bridgehead atoms. The van der Waals surface area contributed by atoms with Gasteiger partial charge in [-0.25, -0.2) is 0 Å². The Balaban J connectivity index is 0.00000216. The van der Waals surface area contributed by atoms with E-state index in [0.717, 1.165) is 12.8 Å². The van der Waals surface area contributed by atoms with Crippen LogP contribution < -0.4 is 3.32 Å². The molecule has 0 N–H and O–H groups in total. The van der Waals surface area contributed by atoms with Crippen LogP contribution >= 0.6 is 24.8 Å². The Labute approximate surface area is 318 Å². The molecule has 2 aliphatic rings. The number of halogens is 2. The SMILES string of the molecule is CC(C)(C)c1ccc2c(c1)-c1cc(C(C)(C)C)c[c]([Hf]([C]3=CC=CC3)=[C](c3cccc4ccccc34)c3cccc4ccccc34)c1C2.Cl.Cl. The van der Waals surface area contributed by atoms with Crippen LogP contribution in [0.15, 0.2) is 137 Å². The van der Waals surface area contributed by atoms with Crippen molar-refractivity contribution in [3.8, 4) is 11.1 Å². The minimum atomic E-state index is -3.17. The molecule has 8 rings (SSSR count). The van der Waals surface area contributed by atoms with E-state index in [0.29, 0.717) is 0 Å². The molecule has 6 aromatic carbocycles. The van der Waals surface area contributed by atoms with Gasteiger partial charge < -0.3 is 0 Å². The zero-order valence-corrected chi connectivity index (χ0v) is 35.2. The maximum absolute atomic E-state index is 3.17. The van der Waals surface area contributed by atoms with E-state index in [2.05, 4.69) is 175 Å². The van der Waals surface area contributed by atoms with E-state index in [1.165, 1.54) is 60.5 Å². The molecule has 0 radical (unpaired) electrons. The summed E-state index contributed by atoms with van der Waals surface area (Å²) in [5, 5.41) is 5.35. The van der Waals surface area contributed by atoms with Crippen LogP contribution in [0.5, 0.6) is 0 Å². The summed E-state index contributed by atoms with van der Waals surface area (Å²) < 4.78 is 4.96. The fourth-order valence-corrected chi connectivity index (χ4v) is 19.7. The molecule has 6 aromatic rings. The number of hydrogen-bond acceptors (Lipinski definition) is 0. The molecule has 3 heteroatoms. The van der Waals surface area contributed by atoms with Crippen LogP contribution in [-0.2, 0) is 38.2 Å². The summed E-state index contributed by atoms with van der Waals surface area (Å²) in [4.78, 5) is 0. The van der Waals surface area contributed by atoms with Gasteiger partial charge in [0.15, 0.2) is 0 Å². The van der Waals surface area contributed by atoms with Gasteiger partial charge in [0.25, 0.3) is 0 Å². The van der Waals surface area contributed by atoms with Gasteiger partial charge in [-0.3, -0.25) is 0 Å². The van der Waals surface area contributed by atoms with E-state index in [1.807, 2.05) is 0 Å². The fourth-order valence-electron chi connectivity index (χ4n) is 7.80. The Hall–Kier alpha value is -3.36. The van der Waals surface area contributed by atoms with Gasteiger partial charge in [-0.05, 0) is 0 Å². The van der Waals surface area contributed by atoms with Crippen LogP contribution in [0.25, 0.3) is 32.7 Å². The minimum absolute atomic E-state index is 0. The second kappa shape index (κ2) is 14.0. The van der Waals surface area contributed by atoms with Crippen LogP contribution in [0.3, 0.4) is 0 Å². The van der Waals surface area contributed by atoms with Crippen LogP contribution in [0.1, 0.15) is 81.3 Å². The van der Waals surface area contributed by atoms with Gasteiger partial charge in [0.2, 0.25) is 0 Å². The fraction of sp³-hybridized carbons (Fsp3) is 0.213. The van der Waals surface area contributed by atoms with Crippen molar-refractivity contribution in [3.05, 3.63) is 170 Å². The summed E-state index contributed by atoms with van der Waals surface area (Å²) in [6, 6.07) is 44.6. The quantitative estimate of drug-likeness (QED) is 0.155. The van der Waals surface area contributed by atoms with Crippen LogP contribution in [0.4, 0.5) is 0 Å². The van der Waals surface area contributed by atoms with Crippen molar-refractivity contribution in [3.63, 3.8) is 0 Å². The van der Waals surface area contributed by atoms with Crippen LogP contribution in [-0.4, -0.2) is 3.26 Å². The van der Waals surface area contributed by atoms with Gasteiger partial charge in [0, 0.05) is 0 Å². The van der Waals surface area contributed by atoms with E-state index in [9.17, 15) is 0 Å². The third kappa shape index (κ3) is 6.47. The molecule has 252 valence electrons. The minimum Gasteiger partial charge on any atom is -0.147 e. The first-order valence-corrected chi connectivity index (χ1v) is 22.8. The Kier molecular flexibility index (Phi) is 10.2. The van der Waals surface area contributed by atoms with Crippen molar-refractivity contribution in [2.24, 2.45) is 0 Å². The molecule has 0 spiro atoms. The first kappa shape index (κ1) is 36.4. The van der Waals surface area contributed by atoms with Gasteiger partial charge in [-0.15, -0.1) is 24.8 Å². The third-order valence-corrected chi connectivity index (χ3v) is 21.4. The first-order chi connectivity index (χ1) is 23.1. The second-order valence-corrected chi connectivity index (χ2v) is 24.5. The molecule has 0 unspecified atom stereocenters. The third-order valence-electron chi connectivity index (χ3n) is 10.5. The average Bonchev–Trinajstić information content (AvgIpc) is 3.74. The summed E-state index contributed by atoms with van der Waals surface area (Å²) in [6.07, 6.45) is 9.27. The molecule has 0 atom stereocenters. The van der Waals surface area contributed by atoms with Crippen molar-refractivity contribution in [2.45, 2.75) is 65.2 Å². The zero-order valence-electron chi connectivity index (χ0n) is 29.9. The van der Waals surface area contributed by atoms with E-state index < -0.39 is 21.0 Å². The van der Waals surface area contributed by atoms with Crippen LogP contribution in [0.2, 0.25) is 0 Å². The molecule has 50 heavy (non-hydrogen) atoms. The number of allylic oxidation sites excluding steroid dienone is 4. The maximum Gasteiger partial charge on any atom is -0.147 e. The number of fused-ring (bicyclic) bond motifs is 5. The summed E-state index contributed by atoms with van der Waals surface area (Å²) in [5.74, 6) is 0. The van der Waals surface area contributed by atoms with Gasteiger partial charge in [-0.1, -0.05) is 0 Å².